The Morgan fingerprint density at radius 3 is 2.64 bits per heavy atom. The molecule has 1 aliphatic rings. The van der Waals surface area contributed by atoms with Crippen molar-refractivity contribution in [2.45, 2.75) is 44.2 Å². The summed E-state index contributed by atoms with van der Waals surface area (Å²) in [6.07, 6.45) is 3.20. The number of nitrogens with one attached hydrogen (secondary N) is 2. The minimum atomic E-state index is -4.21. The summed E-state index contributed by atoms with van der Waals surface area (Å²) in [5.41, 5.74) is 0.982. The molecule has 1 aromatic carbocycles. The first-order valence-corrected chi connectivity index (χ1v) is 13.7. The number of halogens is 1. The van der Waals surface area contributed by atoms with E-state index >= 15 is 0 Å². The quantitative estimate of drug-likeness (QED) is 0.443. The Labute approximate surface area is 217 Å². The van der Waals surface area contributed by atoms with E-state index < -0.39 is 15.9 Å². The lowest BCUT2D eigenvalue weighted by atomic mass is 9.97. The van der Waals surface area contributed by atoms with Crippen molar-refractivity contribution in [3.8, 4) is 0 Å². The summed E-state index contributed by atoms with van der Waals surface area (Å²) in [7, 11) is -4.21. The molecule has 190 valence electrons. The third-order valence-electron chi connectivity index (χ3n) is 6.24. The molecule has 3 heterocycles. The molecule has 10 heteroatoms. The molecule has 1 unspecified atom stereocenters. The van der Waals surface area contributed by atoms with Crippen LogP contribution in [0.4, 0.5) is 11.6 Å². The topological polar surface area (TPSA) is 104 Å². The fourth-order valence-corrected chi connectivity index (χ4v) is 5.83. The number of amides is 1. The Kier molecular flexibility index (Phi) is 7.51. The van der Waals surface area contributed by atoms with Crippen LogP contribution in [0.5, 0.6) is 0 Å². The first-order valence-electron chi connectivity index (χ1n) is 11.8. The second-order valence-corrected chi connectivity index (χ2v) is 11.7. The van der Waals surface area contributed by atoms with Gasteiger partial charge in [0.1, 0.15) is 11.6 Å². The second kappa shape index (κ2) is 10.4. The van der Waals surface area contributed by atoms with E-state index in [2.05, 4.69) is 45.7 Å². The Balaban J connectivity index is 1.48. The molecule has 0 aliphatic carbocycles. The number of aromatic nitrogens is 2. The summed E-state index contributed by atoms with van der Waals surface area (Å²) < 4.78 is 28.3. The van der Waals surface area contributed by atoms with Gasteiger partial charge in [0.2, 0.25) is 0 Å². The number of rotatable bonds is 8. The van der Waals surface area contributed by atoms with E-state index in [-0.39, 0.29) is 16.1 Å². The Hall–Kier alpha value is -3.17. The predicted molar refractivity (Wildman–Crippen MR) is 142 cm³/mol. The van der Waals surface area contributed by atoms with Crippen molar-refractivity contribution in [2.75, 3.05) is 23.3 Å². The van der Waals surface area contributed by atoms with Crippen LogP contribution >= 0.6 is 11.6 Å². The van der Waals surface area contributed by atoms with Gasteiger partial charge in [-0.2, -0.15) is 8.42 Å². The van der Waals surface area contributed by atoms with E-state index in [9.17, 15) is 13.2 Å². The molecule has 1 atom stereocenters. The number of benzene rings is 1. The monoisotopic (exact) mass is 527 g/mol. The van der Waals surface area contributed by atoms with Crippen LogP contribution in [0.3, 0.4) is 0 Å². The molecule has 2 N–H and O–H groups in total. The molecule has 0 bridgehead atoms. The lowest BCUT2D eigenvalue weighted by molar-refractivity contribution is 0.0981. The molecule has 4 rings (SSSR count). The number of hydrogen-bond donors (Lipinski definition) is 2. The lowest BCUT2D eigenvalue weighted by Gasteiger charge is -2.33. The van der Waals surface area contributed by atoms with Gasteiger partial charge in [0.05, 0.1) is 5.56 Å². The molecule has 0 spiro atoms. The van der Waals surface area contributed by atoms with E-state index in [1.807, 2.05) is 24.3 Å². The standard InChI is InChI=1S/C26H30ClN5O3S/c1-18-16-26(2,3)32(17-18)24-20(9-7-14-29-24)25(33)31-36(34,35)23-12-6-11-22(30-23)28-15-13-19-8-4-5-10-21(19)27/h4-12,14,18H,13,15-17H2,1-3H3,(H,28,30)(H,31,33). The molecular weight excluding hydrogens is 498 g/mol. The molecule has 0 radical (unpaired) electrons. The summed E-state index contributed by atoms with van der Waals surface area (Å²) >= 11 is 6.19. The summed E-state index contributed by atoms with van der Waals surface area (Å²) in [6.45, 7) is 7.59. The van der Waals surface area contributed by atoms with Crippen molar-refractivity contribution in [3.63, 3.8) is 0 Å². The van der Waals surface area contributed by atoms with Gasteiger partial charge in [0.15, 0.2) is 5.03 Å². The minimum Gasteiger partial charge on any atom is -0.370 e. The Morgan fingerprint density at radius 1 is 1.14 bits per heavy atom. The molecule has 1 amide bonds. The van der Waals surface area contributed by atoms with Gasteiger partial charge in [-0.3, -0.25) is 4.79 Å². The molecule has 1 fully saturated rings. The summed E-state index contributed by atoms with van der Waals surface area (Å²) in [4.78, 5) is 23.8. The van der Waals surface area contributed by atoms with Crippen molar-refractivity contribution in [2.24, 2.45) is 5.92 Å². The van der Waals surface area contributed by atoms with Crippen molar-refractivity contribution < 1.29 is 13.2 Å². The molecule has 1 saturated heterocycles. The smallest absolute Gasteiger partial charge is 0.281 e. The summed E-state index contributed by atoms with van der Waals surface area (Å²) in [6, 6.07) is 15.3. The third-order valence-corrected chi connectivity index (χ3v) is 7.85. The van der Waals surface area contributed by atoms with E-state index in [0.717, 1.165) is 18.5 Å². The number of anilines is 2. The molecule has 36 heavy (non-hydrogen) atoms. The van der Waals surface area contributed by atoms with E-state index in [0.29, 0.717) is 35.5 Å². The van der Waals surface area contributed by atoms with Crippen LogP contribution in [-0.4, -0.2) is 42.9 Å². The maximum atomic E-state index is 13.1. The molecule has 1 aliphatic heterocycles. The van der Waals surface area contributed by atoms with Crippen molar-refractivity contribution in [1.82, 2.24) is 14.7 Å². The number of nitrogens with zero attached hydrogens (tertiary/aromatic N) is 3. The van der Waals surface area contributed by atoms with Crippen LogP contribution in [0.2, 0.25) is 5.02 Å². The van der Waals surface area contributed by atoms with E-state index in [1.54, 1.807) is 30.5 Å². The van der Waals surface area contributed by atoms with Gasteiger partial charge in [0.25, 0.3) is 15.9 Å². The van der Waals surface area contributed by atoms with Gasteiger partial charge in [-0.15, -0.1) is 0 Å². The normalized spacial score (nSPS) is 17.1. The molecular formula is C26H30ClN5O3S. The Bertz CT molecular complexity index is 1360. The fourth-order valence-electron chi connectivity index (χ4n) is 4.67. The first kappa shape index (κ1) is 25.9. The van der Waals surface area contributed by atoms with Crippen LogP contribution in [0.25, 0.3) is 0 Å². The van der Waals surface area contributed by atoms with Gasteiger partial charge >= 0.3 is 0 Å². The van der Waals surface area contributed by atoms with Crippen LogP contribution in [0.15, 0.2) is 65.8 Å². The average molecular weight is 528 g/mol. The first-order chi connectivity index (χ1) is 17.1. The van der Waals surface area contributed by atoms with Crippen molar-refractivity contribution in [1.29, 1.82) is 0 Å². The lowest BCUT2D eigenvalue weighted by Crippen LogP contribution is -2.41. The number of carbonyl (C=O) groups is 1. The zero-order valence-corrected chi connectivity index (χ0v) is 22.1. The fraction of sp³-hybridized carbons (Fsp3) is 0.346. The van der Waals surface area contributed by atoms with Gasteiger partial charge < -0.3 is 10.2 Å². The van der Waals surface area contributed by atoms with Crippen LogP contribution in [0, 0.1) is 5.92 Å². The Morgan fingerprint density at radius 2 is 1.92 bits per heavy atom. The van der Waals surface area contributed by atoms with Crippen molar-refractivity contribution in [3.05, 3.63) is 76.9 Å². The highest BCUT2D eigenvalue weighted by Crippen LogP contribution is 2.37. The summed E-state index contributed by atoms with van der Waals surface area (Å²) in [5, 5.41) is 3.54. The van der Waals surface area contributed by atoms with Gasteiger partial charge in [0, 0.05) is 29.8 Å². The second-order valence-electron chi connectivity index (χ2n) is 9.67. The van der Waals surface area contributed by atoms with E-state index in [1.165, 1.54) is 6.07 Å². The SMILES string of the molecule is CC1CN(c2ncccc2C(=O)NS(=O)(=O)c2cccc(NCCc3ccccc3Cl)n2)C(C)(C)C1. The molecule has 0 saturated carbocycles. The largest absolute Gasteiger partial charge is 0.370 e. The molecule has 2 aromatic heterocycles. The van der Waals surface area contributed by atoms with E-state index in [4.69, 9.17) is 11.6 Å². The maximum absolute atomic E-state index is 13.1. The third kappa shape index (κ3) is 5.79. The van der Waals surface area contributed by atoms with Crippen LogP contribution in [-0.2, 0) is 16.4 Å². The van der Waals surface area contributed by atoms with Gasteiger partial charge in [-0.25, -0.2) is 14.7 Å². The van der Waals surface area contributed by atoms with Crippen LogP contribution < -0.4 is 14.9 Å². The minimum absolute atomic E-state index is 0.201. The highest BCUT2D eigenvalue weighted by atomic mass is 35.5. The summed E-state index contributed by atoms with van der Waals surface area (Å²) in [5.74, 6) is 0.543. The number of sulfonamides is 1. The van der Waals surface area contributed by atoms with Gasteiger partial charge in [-0.05, 0) is 68.5 Å². The maximum Gasteiger partial charge on any atom is 0.281 e. The van der Waals surface area contributed by atoms with Gasteiger partial charge in [-0.1, -0.05) is 42.8 Å². The molecule has 3 aromatic rings. The van der Waals surface area contributed by atoms with Crippen molar-refractivity contribution >= 4 is 39.2 Å². The highest BCUT2D eigenvalue weighted by molar-refractivity contribution is 7.90. The predicted octanol–water partition coefficient (Wildman–Crippen LogP) is 4.53. The number of carbonyl (C=O) groups excluding carboxylic acids is 1. The number of pyridine rings is 2. The average Bonchev–Trinajstić information content (AvgIpc) is 3.12. The number of hydrogen-bond acceptors (Lipinski definition) is 7. The zero-order chi connectivity index (χ0) is 25.9. The highest BCUT2D eigenvalue weighted by Gasteiger charge is 2.39. The zero-order valence-electron chi connectivity index (χ0n) is 20.5. The van der Waals surface area contributed by atoms with Crippen LogP contribution in [0.1, 0.15) is 43.1 Å². The molecule has 8 nitrogen and oxygen atoms in total.